The minimum atomic E-state index is -0.965. The van der Waals surface area contributed by atoms with E-state index in [1.54, 1.807) is 48.8 Å². The van der Waals surface area contributed by atoms with Crippen molar-refractivity contribution in [3.63, 3.8) is 0 Å². The molecule has 0 aliphatic heterocycles. The minimum Gasteiger partial charge on any atom is -0.457 e. The Hall–Kier alpha value is -2.43. The maximum Gasteiger partial charge on any atom is 0.280 e. The van der Waals surface area contributed by atoms with Crippen LogP contribution in [0.4, 0.5) is 10.1 Å². The number of halogens is 1. The van der Waals surface area contributed by atoms with E-state index in [-0.39, 0.29) is 0 Å². The fourth-order valence-electron chi connectivity index (χ4n) is 1.25. The van der Waals surface area contributed by atoms with Crippen molar-refractivity contribution in [1.82, 2.24) is 4.98 Å². The van der Waals surface area contributed by atoms with Crippen LogP contribution < -0.4 is 10.5 Å². The number of aliphatic imine (C=N–C) groups is 1. The second-order valence-electron chi connectivity index (χ2n) is 3.21. The molecule has 1 heterocycles. The van der Waals surface area contributed by atoms with Crippen molar-refractivity contribution in [2.45, 2.75) is 0 Å². The number of hydrogen-bond donors (Lipinski definition) is 1. The van der Waals surface area contributed by atoms with E-state index in [1.807, 2.05) is 0 Å². The van der Waals surface area contributed by atoms with Gasteiger partial charge in [-0.05, 0) is 36.4 Å². The molecule has 2 rings (SSSR count). The Labute approximate surface area is 97.6 Å². The van der Waals surface area contributed by atoms with Crippen LogP contribution in [-0.4, -0.2) is 11.1 Å². The Kier molecular flexibility index (Phi) is 3.30. The summed E-state index contributed by atoms with van der Waals surface area (Å²) in [7, 11) is 0. The van der Waals surface area contributed by atoms with Crippen LogP contribution in [0.15, 0.2) is 53.8 Å². The molecule has 1 aromatic carbocycles. The summed E-state index contributed by atoms with van der Waals surface area (Å²) < 4.78 is 17.8. The van der Waals surface area contributed by atoms with Gasteiger partial charge >= 0.3 is 0 Å². The normalized spacial score (nSPS) is 11.2. The average Bonchev–Trinajstić information content (AvgIpc) is 2.32. The third-order valence-corrected chi connectivity index (χ3v) is 1.96. The standard InChI is InChI=1S/C12H10FN3O/c13-12(14)16-9-1-3-10(4-2-9)17-11-5-7-15-8-6-11/h1-8H,(H2,14,16). The van der Waals surface area contributed by atoms with E-state index in [2.05, 4.69) is 9.98 Å². The predicted octanol–water partition coefficient (Wildman–Crippen LogP) is 2.79. The topological polar surface area (TPSA) is 60.5 Å². The van der Waals surface area contributed by atoms with Crippen LogP contribution in [0.5, 0.6) is 11.5 Å². The van der Waals surface area contributed by atoms with Gasteiger partial charge in [0, 0.05) is 12.4 Å². The van der Waals surface area contributed by atoms with Crippen molar-refractivity contribution >= 4 is 11.8 Å². The molecule has 1 aromatic heterocycles. The van der Waals surface area contributed by atoms with E-state index in [1.165, 1.54) is 0 Å². The summed E-state index contributed by atoms with van der Waals surface area (Å²) in [6, 6.07) is 10.1. The number of nitrogens with zero attached hydrogens (tertiary/aromatic N) is 2. The molecule has 2 N–H and O–H groups in total. The molecule has 0 saturated heterocycles. The molecule has 0 bridgehead atoms. The lowest BCUT2D eigenvalue weighted by Gasteiger charge is -2.04. The van der Waals surface area contributed by atoms with Crippen LogP contribution in [0.25, 0.3) is 0 Å². The average molecular weight is 231 g/mol. The molecule has 0 aliphatic rings. The van der Waals surface area contributed by atoms with Gasteiger partial charge in [-0.25, -0.2) is 4.99 Å². The SMILES string of the molecule is NC(F)=Nc1ccc(Oc2ccncc2)cc1. The zero-order valence-corrected chi connectivity index (χ0v) is 8.88. The van der Waals surface area contributed by atoms with Crippen molar-refractivity contribution in [3.05, 3.63) is 48.8 Å². The Bertz CT molecular complexity index is 507. The van der Waals surface area contributed by atoms with Gasteiger partial charge in [0.05, 0.1) is 5.69 Å². The summed E-state index contributed by atoms with van der Waals surface area (Å²) in [4.78, 5) is 7.35. The molecule has 0 unspecified atom stereocenters. The zero-order chi connectivity index (χ0) is 12.1. The molecule has 0 radical (unpaired) electrons. The maximum absolute atomic E-state index is 12.3. The number of aromatic nitrogens is 1. The van der Waals surface area contributed by atoms with E-state index in [4.69, 9.17) is 10.5 Å². The van der Waals surface area contributed by atoms with Gasteiger partial charge in [0.2, 0.25) is 0 Å². The third-order valence-electron chi connectivity index (χ3n) is 1.96. The van der Waals surface area contributed by atoms with Crippen molar-refractivity contribution in [1.29, 1.82) is 0 Å². The van der Waals surface area contributed by atoms with E-state index < -0.39 is 6.09 Å². The summed E-state index contributed by atoms with van der Waals surface area (Å²) in [6.07, 6.45) is 2.31. The highest BCUT2D eigenvalue weighted by atomic mass is 19.1. The molecule has 5 heteroatoms. The van der Waals surface area contributed by atoms with Gasteiger partial charge in [-0.3, -0.25) is 4.98 Å². The van der Waals surface area contributed by atoms with Crippen LogP contribution in [0.2, 0.25) is 0 Å². The van der Waals surface area contributed by atoms with Crippen LogP contribution in [0.3, 0.4) is 0 Å². The molecule has 0 spiro atoms. The van der Waals surface area contributed by atoms with E-state index in [0.717, 1.165) is 0 Å². The first-order valence-corrected chi connectivity index (χ1v) is 4.91. The molecule has 0 aliphatic carbocycles. The monoisotopic (exact) mass is 231 g/mol. The van der Waals surface area contributed by atoms with Crippen molar-refractivity contribution in [2.24, 2.45) is 10.7 Å². The quantitative estimate of drug-likeness (QED) is 0.502. The van der Waals surface area contributed by atoms with Gasteiger partial charge in [0.25, 0.3) is 6.09 Å². The van der Waals surface area contributed by atoms with Crippen molar-refractivity contribution < 1.29 is 9.13 Å². The second kappa shape index (κ2) is 5.07. The first kappa shape index (κ1) is 11.1. The van der Waals surface area contributed by atoms with Gasteiger partial charge in [-0.1, -0.05) is 0 Å². The maximum atomic E-state index is 12.3. The molecule has 17 heavy (non-hydrogen) atoms. The predicted molar refractivity (Wildman–Crippen MR) is 63.1 cm³/mol. The third kappa shape index (κ3) is 3.27. The highest BCUT2D eigenvalue weighted by molar-refractivity contribution is 5.73. The second-order valence-corrected chi connectivity index (χ2v) is 3.21. The van der Waals surface area contributed by atoms with E-state index in [9.17, 15) is 4.39 Å². The number of hydrogen-bond acceptors (Lipinski definition) is 3. The van der Waals surface area contributed by atoms with Gasteiger partial charge < -0.3 is 10.5 Å². The van der Waals surface area contributed by atoms with Crippen molar-refractivity contribution in [3.8, 4) is 11.5 Å². The fourth-order valence-corrected chi connectivity index (χ4v) is 1.25. The molecular formula is C12H10FN3O. The molecule has 4 nitrogen and oxygen atoms in total. The summed E-state index contributed by atoms with van der Waals surface area (Å²) in [5.74, 6) is 1.31. The molecule has 0 amide bonds. The first-order chi connectivity index (χ1) is 8.24. The Morgan fingerprint density at radius 2 is 1.65 bits per heavy atom. The number of pyridine rings is 1. The molecule has 2 aromatic rings. The highest BCUT2D eigenvalue weighted by Gasteiger charge is 1.97. The Morgan fingerprint density at radius 3 is 2.24 bits per heavy atom. The highest BCUT2D eigenvalue weighted by Crippen LogP contribution is 2.23. The number of benzene rings is 1. The number of amidine groups is 1. The lowest BCUT2D eigenvalue weighted by atomic mass is 10.3. The largest absolute Gasteiger partial charge is 0.457 e. The summed E-state index contributed by atoms with van der Waals surface area (Å²) >= 11 is 0. The molecular weight excluding hydrogens is 221 g/mol. The number of rotatable bonds is 3. The summed E-state index contributed by atoms with van der Waals surface area (Å²) in [5.41, 5.74) is 5.27. The lowest BCUT2D eigenvalue weighted by Crippen LogP contribution is -2.01. The summed E-state index contributed by atoms with van der Waals surface area (Å²) in [6.45, 7) is 0. The first-order valence-electron chi connectivity index (χ1n) is 4.91. The number of nitrogens with two attached hydrogens (primary N) is 1. The molecule has 0 atom stereocenters. The zero-order valence-electron chi connectivity index (χ0n) is 8.88. The summed E-state index contributed by atoms with van der Waals surface area (Å²) in [5, 5.41) is 0. The van der Waals surface area contributed by atoms with Crippen LogP contribution in [0, 0.1) is 0 Å². The van der Waals surface area contributed by atoms with Gasteiger partial charge in [-0.2, -0.15) is 4.39 Å². The molecule has 0 saturated carbocycles. The Morgan fingerprint density at radius 1 is 1.06 bits per heavy atom. The van der Waals surface area contributed by atoms with Gasteiger partial charge in [-0.15, -0.1) is 0 Å². The smallest absolute Gasteiger partial charge is 0.280 e. The van der Waals surface area contributed by atoms with Crippen LogP contribution in [0.1, 0.15) is 0 Å². The van der Waals surface area contributed by atoms with Gasteiger partial charge in [0.15, 0.2) is 0 Å². The Balaban J connectivity index is 2.11. The molecule has 86 valence electrons. The van der Waals surface area contributed by atoms with E-state index in [0.29, 0.717) is 17.2 Å². The fraction of sp³-hybridized carbons (Fsp3) is 0. The lowest BCUT2D eigenvalue weighted by molar-refractivity contribution is 0.482. The van der Waals surface area contributed by atoms with Gasteiger partial charge in [0.1, 0.15) is 11.5 Å². The van der Waals surface area contributed by atoms with Crippen LogP contribution in [-0.2, 0) is 0 Å². The van der Waals surface area contributed by atoms with E-state index >= 15 is 0 Å². The minimum absolute atomic E-state index is 0.437. The van der Waals surface area contributed by atoms with Crippen LogP contribution >= 0.6 is 0 Å². The number of ether oxygens (including phenoxy) is 1. The molecule has 0 fully saturated rings. The van der Waals surface area contributed by atoms with Crippen molar-refractivity contribution in [2.75, 3.05) is 0 Å².